The maximum Gasteiger partial charge on any atom is 0.254 e. The first kappa shape index (κ1) is 16.3. The normalized spacial score (nSPS) is 12.0. The van der Waals surface area contributed by atoms with Crippen LogP contribution < -0.4 is 10.1 Å². The summed E-state index contributed by atoms with van der Waals surface area (Å²) in [4.78, 5) is 11.9. The fraction of sp³-hybridized carbons (Fsp3) is 0.333. The van der Waals surface area contributed by atoms with Crippen molar-refractivity contribution in [2.24, 2.45) is 0 Å². The number of hydrogen-bond acceptors (Lipinski definition) is 4. The zero-order valence-corrected chi connectivity index (χ0v) is 13.4. The Morgan fingerprint density at radius 2 is 2.23 bits per heavy atom. The van der Waals surface area contributed by atoms with Crippen molar-refractivity contribution in [2.45, 2.75) is 20.0 Å². The van der Waals surface area contributed by atoms with E-state index in [1.807, 2.05) is 6.92 Å². The summed E-state index contributed by atoms with van der Waals surface area (Å²) in [6, 6.07) is 6.99. The molecule has 0 aliphatic rings. The number of halogens is 1. The van der Waals surface area contributed by atoms with Crippen molar-refractivity contribution >= 4 is 23.3 Å². The van der Waals surface area contributed by atoms with Crippen molar-refractivity contribution in [3.05, 3.63) is 29.3 Å². The first-order valence-corrected chi connectivity index (χ1v) is 7.24. The number of nitrogens with zero attached hydrogens (tertiary/aromatic N) is 1. The minimum atomic E-state index is -0.536. The third-order valence-corrected chi connectivity index (χ3v) is 3.30. The summed E-state index contributed by atoms with van der Waals surface area (Å²) in [5.74, 6) is 0.820. The number of aromatic amines is 1. The summed E-state index contributed by atoms with van der Waals surface area (Å²) in [6.07, 6.45) is -0.536. The minimum absolute atomic E-state index is 0.252. The predicted molar refractivity (Wildman–Crippen MR) is 85.3 cm³/mol. The first-order valence-electron chi connectivity index (χ1n) is 6.87. The summed E-state index contributed by atoms with van der Waals surface area (Å²) < 4.78 is 10.5. The second-order valence-electron chi connectivity index (χ2n) is 4.60. The van der Waals surface area contributed by atoms with Crippen LogP contribution in [0.2, 0.25) is 5.02 Å². The van der Waals surface area contributed by atoms with Crippen molar-refractivity contribution in [1.82, 2.24) is 10.2 Å². The van der Waals surface area contributed by atoms with Crippen molar-refractivity contribution in [3.8, 4) is 17.0 Å². The SMILES string of the molecule is CCO[C@@H](C)C(=O)Nc1cc(-c2cc(Cl)ccc2OC)[nH]n1. The number of benzene rings is 1. The number of nitrogens with one attached hydrogen (secondary N) is 2. The molecule has 118 valence electrons. The van der Waals surface area contributed by atoms with Crippen LogP contribution in [0.1, 0.15) is 13.8 Å². The molecule has 0 aliphatic heterocycles. The number of anilines is 1. The van der Waals surface area contributed by atoms with Gasteiger partial charge in [-0.2, -0.15) is 5.10 Å². The highest BCUT2D eigenvalue weighted by Crippen LogP contribution is 2.32. The van der Waals surface area contributed by atoms with E-state index in [9.17, 15) is 4.79 Å². The van der Waals surface area contributed by atoms with E-state index in [1.54, 1.807) is 38.3 Å². The Labute approximate surface area is 133 Å². The van der Waals surface area contributed by atoms with E-state index >= 15 is 0 Å². The van der Waals surface area contributed by atoms with Crippen LogP contribution in [0.3, 0.4) is 0 Å². The van der Waals surface area contributed by atoms with Gasteiger partial charge < -0.3 is 14.8 Å². The molecule has 22 heavy (non-hydrogen) atoms. The second-order valence-corrected chi connectivity index (χ2v) is 5.03. The monoisotopic (exact) mass is 323 g/mol. The molecule has 2 aromatic rings. The van der Waals surface area contributed by atoms with Crippen molar-refractivity contribution < 1.29 is 14.3 Å². The van der Waals surface area contributed by atoms with Gasteiger partial charge in [0.1, 0.15) is 11.9 Å². The molecule has 1 amide bonds. The van der Waals surface area contributed by atoms with E-state index in [1.165, 1.54) is 0 Å². The van der Waals surface area contributed by atoms with E-state index in [0.717, 1.165) is 5.56 Å². The molecule has 0 saturated heterocycles. The molecule has 1 aromatic heterocycles. The van der Waals surface area contributed by atoms with Crippen LogP contribution in [0.5, 0.6) is 5.75 Å². The Morgan fingerprint density at radius 1 is 1.45 bits per heavy atom. The summed E-state index contributed by atoms with van der Waals surface area (Å²) in [5, 5.41) is 10.2. The molecule has 2 rings (SSSR count). The van der Waals surface area contributed by atoms with Gasteiger partial charge in [0.25, 0.3) is 5.91 Å². The lowest BCUT2D eigenvalue weighted by Crippen LogP contribution is -2.27. The molecule has 1 atom stereocenters. The number of carbonyl (C=O) groups excluding carboxylic acids is 1. The third kappa shape index (κ3) is 3.78. The Bertz CT molecular complexity index is 657. The van der Waals surface area contributed by atoms with Gasteiger partial charge in [-0.05, 0) is 32.0 Å². The lowest BCUT2D eigenvalue weighted by Gasteiger charge is -2.10. The van der Waals surface area contributed by atoms with Crippen LogP contribution in [0.4, 0.5) is 5.82 Å². The van der Waals surface area contributed by atoms with Crippen molar-refractivity contribution in [2.75, 3.05) is 19.0 Å². The largest absolute Gasteiger partial charge is 0.496 e. The van der Waals surface area contributed by atoms with Gasteiger partial charge in [0.2, 0.25) is 0 Å². The van der Waals surface area contributed by atoms with Gasteiger partial charge in [-0.1, -0.05) is 11.6 Å². The van der Waals surface area contributed by atoms with Gasteiger partial charge in [0.15, 0.2) is 5.82 Å². The van der Waals surface area contributed by atoms with Crippen LogP contribution >= 0.6 is 11.6 Å². The van der Waals surface area contributed by atoms with Gasteiger partial charge >= 0.3 is 0 Å². The van der Waals surface area contributed by atoms with E-state index in [4.69, 9.17) is 21.1 Å². The third-order valence-electron chi connectivity index (χ3n) is 3.07. The maximum absolute atomic E-state index is 11.9. The van der Waals surface area contributed by atoms with E-state index in [0.29, 0.717) is 28.9 Å². The highest BCUT2D eigenvalue weighted by molar-refractivity contribution is 6.31. The highest BCUT2D eigenvalue weighted by atomic mass is 35.5. The molecule has 0 spiro atoms. The molecule has 0 radical (unpaired) electrons. The average Bonchev–Trinajstić information content (AvgIpc) is 2.95. The zero-order chi connectivity index (χ0) is 16.1. The molecule has 7 heteroatoms. The molecule has 0 saturated carbocycles. The molecule has 0 unspecified atom stereocenters. The van der Waals surface area contributed by atoms with Gasteiger partial charge in [-0.15, -0.1) is 0 Å². The Morgan fingerprint density at radius 3 is 2.91 bits per heavy atom. The predicted octanol–water partition coefficient (Wildman–Crippen LogP) is 3.10. The number of aromatic nitrogens is 2. The number of rotatable bonds is 6. The molecular weight excluding hydrogens is 306 g/mol. The topological polar surface area (TPSA) is 76.2 Å². The van der Waals surface area contributed by atoms with E-state index in [-0.39, 0.29) is 5.91 Å². The molecule has 1 heterocycles. The molecular formula is C15H18ClN3O3. The lowest BCUT2D eigenvalue weighted by molar-refractivity contribution is -0.126. The summed E-state index contributed by atoms with van der Waals surface area (Å²) in [7, 11) is 1.58. The van der Waals surface area contributed by atoms with Gasteiger partial charge in [0, 0.05) is 23.3 Å². The molecule has 6 nitrogen and oxygen atoms in total. The quantitative estimate of drug-likeness (QED) is 0.856. The number of methoxy groups -OCH3 is 1. The highest BCUT2D eigenvalue weighted by Gasteiger charge is 2.15. The first-order chi connectivity index (χ1) is 10.5. The lowest BCUT2D eigenvalue weighted by atomic mass is 10.1. The molecule has 0 aliphatic carbocycles. The van der Waals surface area contributed by atoms with E-state index in [2.05, 4.69) is 15.5 Å². The number of hydrogen-bond donors (Lipinski definition) is 2. The van der Waals surface area contributed by atoms with Crippen LogP contribution in [0.15, 0.2) is 24.3 Å². The Hall–Kier alpha value is -2.05. The van der Waals surface area contributed by atoms with Gasteiger partial charge in [-0.3, -0.25) is 9.89 Å². The fourth-order valence-electron chi connectivity index (χ4n) is 1.97. The summed E-state index contributed by atoms with van der Waals surface area (Å²) in [6.45, 7) is 3.99. The smallest absolute Gasteiger partial charge is 0.254 e. The van der Waals surface area contributed by atoms with Crippen molar-refractivity contribution in [1.29, 1.82) is 0 Å². The average molecular weight is 324 g/mol. The Balaban J connectivity index is 2.18. The molecule has 0 fully saturated rings. The van der Waals surface area contributed by atoms with Crippen LogP contribution in [0, 0.1) is 0 Å². The second kappa shape index (κ2) is 7.29. The maximum atomic E-state index is 11.9. The summed E-state index contributed by atoms with van der Waals surface area (Å²) in [5.41, 5.74) is 1.46. The Kier molecular flexibility index (Phi) is 5.41. The summed E-state index contributed by atoms with van der Waals surface area (Å²) >= 11 is 6.02. The minimum Gasteiger partial charge on any atom is -0.496 e. The fourth-order valence-corrected chi connectivity index (χ4v) is 2.14. The van der Waals surface area contributed by atoms with Crippen LogP contribution in [-0.2, 0) is 9.53 Å². The van der Waals surface area contributed by atoms with Gasteiger partial charge in [-0.25, -0.2) is 0 Å². The number of amides is 1. The molecule has 2 N–H and O–H groups in total. The van der Waals surface area contributed by atoms with E-state index < -0.39 is 6.10 Å². The van der Waals surface area contributed by atoms with Crippen LogP contribution in [0.25, 0.3) is 11.3 Å². The number of carbonyl (C=O) groups is 1. The molecule has 0 bridgehead atoms. The van der Waals surface area contributed by atoms with Gasteiger partial charge in [0.05, 0.1) is 12.8 Å². The standard InChI is InChI=1S/C15H18ClN3O3/c1-4-22-9(2)15(20)17-14-8-12(18-19-14)11-7-10(16)5-6-13(11)21-3/h5-9H,4H2,1-3H3,(H2,17,18,19,20)/t9-/m0/s1. The van der Waals surface area contributed by atoms with Crippen LogP contribution in [-0.4, -0.2) is 35.9 Å². The number of ether oxygens (including phenoxy) is 2. The number of H-pyrrole nitrogens is 1. The molecule has 1 aromatic carbocycles. The zero-order valence-electron chi connectivity index (χ0n) is 12.6. The van der Waals surface area contributed by atoms with Crippen molar-refractivity contribution in [3.63, 3.8) is 0 Å².